The molecule has 4 aromatic carbocycles. The van der Waals surface area contributed by atoms with Gasteiger partial charge in [0.2, 0.25) is 5.78 Å². The Balaban J connectivity index is 0.00000405. The number of Topliss-reactive ketones (excluding diaryl/α,β-unsaturated/α-hetero) is 1. The third-order valence-electron chi connectivity index (χ3n) is 6.29. The van der Waals surface area contributed by atoms with Crippen LogP contribution in [0.15, 0.2) is 89.9 Å². The number of rotatable bonds is 8. The first-order valence-electron chi connectivity index (χ1n) is 12.6. The Bertz CT molecular complexity index is 1810. The van der Waals surface area contributed by atoms with Crippen molar-refractivity contribution in [3.05, 3.63) is 125 Å². The number of aryl methyl sites for hydroxylation is 1. The smallest absolute Gasteiger partial charge is 0.200 e. The predicted molar refractivity (Wildman–Crippen MR) is 164 cm³/mol. The molecular weight excluding hydrogens is 562 g/mol. The SMILES string of the molecule is Cc1cccc(C(=O)C(=C(O)c2cc(F)cc(F)c2)c2nc3ccc(NCc4ccc(N=C(N)N)cc4)cc3[nH]2)c1.Cl. The third-order valence-corrected chi connectivity index (χ3v) is 6.29. The second-order valence-electron chi connectivity index (χ2n) is 9.45. The number of carbonyl (C=O) groups is 1. The van der Waals surface area contributed by atoms with E-state index in [-0.39, 0.29) is 40.9 Å². The largest absolute Gasteiger partial charge is 0.506 e. The summed E-state index contributed by atoms with van der Waals surface area (Å²) in [5.74, 6) is -2.90. The normalized spacial score (nSPS) is 11.4. The highest BCUT2D eigenvalue weighted by Crippen LogP contribution is 2.30. The number of aliphatic hydroxyl groups is 1. The van der Waals surface area contributed by atoms with Gasteiger partial charge in [0.25, 0.3) is 0 Å². The van der Waals surface area contributed by atoms with Crippen molar-refractivity contribution in [3.63, 3.8) is 0 Å². The molecule has 0 aliphatic carbocycles. The van der Waals surface area contributed by atoms with Crippen LogP contribution in [0.25, 0.3) is 22.4 Å². The van der Waals surface area contributed by atoms with E-state index in [2.05, 4.69) is 20.3 Å². The van der Waals surface area contributed by atoms with Gasteiger partial charge in [-0.15, -0.1) is 12.4 Å². The van der Waals surface area contributed by atoms with Crippen LogP contribution in [-0.2, 0) is 6.54 Å². The van der Waals surface area contributed by atoms with Crippen molar-refractivity contribution in [3.8, 4) is 0 Å². The fourth-order valence-electron chi connectivity index (χ4n) is 4.37. The van der Waals surface area contributed by atoms with Gasteiger partial charge in [0.15, 0.2) is 5.96 Å². The van der Waals surface area contributed by atoms with Gasteiger partial charge in [-0.3, -0.25) is 4.79 Å². The lowest BCUT2D eigenvalue weighted by atomic mass is 9.97. The summed E-state index contributed by atoms with van der Waals surface area (Å²) in [6.07, 6.45) is 0. The third kappa shape index (κ3) is 6.73. The number of nitrogens with two attached hydrogens (primary N) is 2. The Morgan fingerprint density at radius 3 is 2.33 bits per heavy atom. The number of aromatic nitrogens is 2. The van der Waals surface area contributed by atoms with Gasteiger partial charge in [0, 0.05) is 29.4 Å². The van der Waals surface area contributed by atoms with Crippen molar-refractivity contribution in [2.45, 2.75) is 13.5 Å². The molecule has 0 aliphatic heterocycles. The van der Waals surface area contributed by atoms with E-state index in [1.54, 1.807) is 36.4 Å². The van der Waals surface area contributed by atoms with E-state index < -0.39 is 23.2 Å². The summed E-state index contributed by atoms with van der Waals surface area (Å²) in [6, 6.07) is 22.2. The van der Waals surface area contributed by atoms with E-state index in [9.17, 15) is 18.7 Å². The number of ketones is 1. The van der Waals surface area contributed by atoms with E-state index >= 15 is 0 Å². The summed E-state index contributed by atoms with van der Waals surface area (Å²) in [7, 11) is 0. The predicted octanol–water partition coefficient (Wildman–Crippen LogP) is 6.40. The molecule has 0 amide bonds. The summed E-state index contributed by atoms with van der Waals surface area (Å²) in [5, 5.41) is 14.5. The molecule has 5 rings (SSSR count). The number of anilines is 1. The topological polar surface area (TPSA) is 142 Å². The van der Waals surface area contributed by atoms with Crippen LogP contribution >= 0.6 is 12.4 Å². The summed E-state index contributed by atoms with van der Waals surface area (Å²) in [5.41, 5.74) is 15.1. The minimum Gasteiger partial charge on any atom is -0.506 e. The molecule has 1 aromatic heterocycles. The lowest BCUT2D eigenvalue weighted by Gasteiger charge is -2.10. The highest BCUT2D eigenvalue weighted by atomic mass is 35.5. The fraction of sp³-hybridized carbons (Fsp3) is 0.0645. The molecule has 8 nitrogen and oxygen atoms in total. The van der Waals surface area contributed by atoms with Gasteiger partial charge in [-0.05, 0) is 61.0 Å². The molecule has 0 saturated heterocycles. The number of nitrogens with zero attached hydrogens (tertiary/aromatic N) is 2. The number of nitrogens with one attached hydrogen (secondary N) is 2. The maximum atomic E-state index is 14.0. The van der Waals surface area contributed by atoms with Crippen molar-refractivity contribution < 1.29 is 18.7 Å². The Hall–Kier alpha value is -5.22. The number of guanidine groups is 1. The Morgan fingerprint density at radius 1 is 0.952 bits per heavy atom. The number of carbonyl (C=O) groups excluding carboxylic acids is 1. The summed E-state index contributed by atoms with van der Waals surface area (Å²) < 4.78 is 28.0. The van der Waals surface area contributed by atoms with E-state index in [1.165, 1.54) is 0 Å². The molecule has 214 valence electrons. The Labute approximate surface area is 246 Å². The fourth-order valence-corrected chi connectivity index (χ4v) is 4.37. The van der Waals surface area contributed by atoms with Crippen LogP contribution < -0.4 is 16.8 Å². The molecule has 0 radical (unpaired) electrons. The molecular formula is C31H27ClF2N6O2. The number of hydrogen-bond donors (Lipinski definition) is 5. The maximum absolute atomic E-state index is 14.0. The van der Waals surface area contributed by atoms with Crippen LogP contribution in [0, 0.1) is 18.6 Å². The van der Waals surface area contributed by atoms with E-state index in [0.717, 1.165) is 28.9 Å². The Morgan fingerprint density at radius 2 is 1.67 bits per heavy atom. The number of fused-ring (bicyclic) bond motifs is 1. The molecule has 11 heteroatoms. The van der Waals surface area contributed by atoms with Crippen molar-refractivity contribution in [1.29, 1.82) is 0 Å². The van der Waals surface area contributed by atoms with Crippen LogP contribution in [0.5, 0.6) is 0 Å². The van der Waals surface area contributed by atoms with Crippen LogP contribution in [0.3, 0.4) is 0 Å². The van der Waals surface area contributed by atoms with Crippen molar-refractivity contribution in [2.75, 3.05) is 5.32 Å². The van der Waals surface area contributed by atoms with Crippen molar-refractivity contribution in [1.82, 2.24) is 9.97 Å². The maximum Gasteiger partial charge on any atom is 0.200 e. The molecule has 7 N–H and O–H groups in total. The number of hydrogen-bond acceptors (Lipinski definition) is 5. The lowest BCUT2D eigenvalue weighted by Crippen LogP contribution is -2.21. The second-order valence-corrected chi connectivity index (χ2v) is 9.45. The first kappa shape index (κ1) is 29.8. The molecule has 0 spiro atoms. The molecule has 1 heterocycles. The number of benzene rings is 4. The quantitative estimate of drug-likeness (QED) is 0.0467. The standard InChI is InChI=1S/C31H26F2N6O2.ClH/c1-17-3-2-4-19(11-17)28(40)27(29(41)20-12-21(32)14-22(33)13-20)30-38-25-10-9-24(15-26(25)39-30)36-16-18-5-7-23(8-6-18)37-31(34)35;/h2-15,36,41H,16H2,1H3,(H,38,39)(H4,34,35,37);1H. The summed E-state index contributed by atoms with van der Waals surface area (Å²) in [6.45, 7) is 2.34. The highest BCUT2D eigenvalue weighted by Gasteiger charge is 2.24. The number of aliphatic imine (C=N–C) groups is 1. The number of aliphatic hydroxyl groups excluding tert-OH is 1. The van der Waals surface area contributed by atoms with Crippen LogP contribution in [-0.4, -0.2) is 26.8 Å². The average molecular weight is 589 g/mol. The first-order valence-corrected chi connectivity index (χ1v) is 12.6. The number of aromatic amines is 1. The average Bonchev–Trinajstić information content (AvgIpc) is 3.34. The zero-order valence-corrected chi connectivity index (χ0v) is 23.2. The zero-order valence-electron chi connectivity index (χ0n) is 22.4. The van der Waals surface area contributed by atoms with Gasteiger partial charge in [-0.25, -0.2) is 18.8 Å². The minimum atomic E-state index is -0.889. The number of imidazole rings is 1. The number of halogens is 3. The molecule has 0 atom stereocenters. The lowest BCUT2D eigenvalue weighted by molar-refractivity contribution is 0.105. The molecule has 0 aliphatic rings. The van der Waals surface area contributed by atoms with E-state index in [1.807, 2.05) is 37.3 Å². The van der Waals surface area contributed by atoms with Crippen LogP contribution in [0.2, 0.25) is 0 Å². The van der Waals surface area contributed by atoms with Crippen molar-refractivity contribution in [2.24, 2.45) is 16.5 Å². The molecule has 0 saturated carbocycles. The molecule has 0 fully saturated rings. The van der Waals surface area contributed by atoms with Gasteiger partial charge in [0.05, 0.1) is 16.7 Å². The van der Waals surface area contributed by atoms with Gasteiger partial charge >= 0.3 is 0 Å². The van der Waals surface area contributed by atoms with Gasteiger partial charge in [-0.2, -0.15) is 0 Å². The van der Waals surface area contributed by atoms with Crippen molar-refractivity contribution >= 4 is 57.9 Å². The monoisotopic (exact) mass is 588 g/mol. The van der Waals surface area contributed by atoms with Gasteiger partial charge in [0.1, 0.15) is 28.8 Å². The molecule has 42 heavy (non-hydrogen) atoms. The van der Waals surface area contributed by atoms with Crippen LogP contribution in [0.4, 0.5) is 20.2 Å². The number of H-pyrrole nitrogens is 1. The van der Waals surface area contributed by atoms with E-state index in [0.29, 0.717) is 29.3 Å². The first-order chi connectivity index (χ1) is 19.7. The minimum absolute atomic E-state index is 0. The summed E-state index contributed by atoms with van der Waals surface area (Å²) >= 11 is 0. The van der Waals surface area contributed by atoms with Gasteiger partial charge in [-0.1, -0.05) is 35.9 Å². The zero-order chi connectivity index (χ0) is 29.1. The molecule has 0 unspecified atom stereocenters. The second kappa shape index (κ2) is 12.5. The molecule has 0 bridgehead atoms. The van der Waals surface area contributed by atoms with Crippen LogP contribution in [0.1, 0.15) is 32.9 Å². The summed E-state index contributed by atoms with van der Waals surface area (Å²) in [4.78, 5) is 25.3. The Kier molecular flexibility index (Phi) is 8.87. The van der Waals surface area contributed by atoms with E-state index in [4.69, 9.17) is 11.5 Å². The number of allylic oxidation sites excluding steroid dienone is 1. The molecule has 5 aromatic rings. The highest BCUT2D eigenvalue weighted by molar-refractivity contribution is 6.33. The van der Waals surface area contributed by atoms with Gasteiger partial charge < -0.3 is 26.9 Å².